The third-order valence-electron chi connectivity index (χ3n) is 2.79. The largest absolute Gasteiger partial charge is 0.333 e. The van der Waals surface area contributed by atoms with Gasteiger partial charge in [0.05, 0.1) is 6.54 Å². The van der Waals surface area contributed by atoms with Crippen LogP contribution < -0.4 is 0 Å². The lowest BCUT2D eigenvalue weighted by atomic mass is 10.2. The molecule has 1 amide bonds. The van der Waals surface area contributed by atoms with Crippen molar-refractivity contribution >= 4 is 28.6 Å². The smallest absolute Gasteiger partial charge is 0.284 e. The van der Waals surface area contributed by atoms with E-state index in [1.165, 1.54) is 16.2 Å². The first-order valence-electron chi connectivity index (χ1n) is 6.53. The highest BCUT2D eigenvalue weighted by atomic mass is 32.1. The van der Waals surface area contributed by atoms with E-state index in [9.17, 15) is 4.79 Å². The molecule has 2 aromatic heterocycles. The highest BCUT2D eigenvalue weighted by Crippen LogP contribution is 2.21. The molecule has 2 aromatic rings. The number of rotatable bonds is 5. The minimum atomic E-state index is -0.0948. The average molecular weight is 310 g/mol. The normalized spacial score (nSPS) is 11.1. The Bertz CT molecular complexity index is 591. The maximum Gasteiger partial charge on any atom is 0.284 e. The Balaban J connectivity index is 2.03. The molecule has 0 atom stereocenters. The molecule has 0 aliphatic rings. The van der Waals surface area contributed by atoms with Crippen molar-refractivity contribution in [3.8, 4) is 0 Å². The fraction of sp³-hybridized carbons (Fsp3) is 0.538. The van der Waals surface area contributed by atoms with Crippen molar-refractivity contribution < 1.29 is 4.79 Å². The molecular formula is C13H18N4OS2. The van der Waals surface area contributed by atoms with E-state index in [-0.39, 0.29) is 5.91 Å². The van der Waals surface area contributed by atoms with Crippen LogP contribution in [0.15, 0.2) is 6.20 Å². The number of carbonyl (C=O) groups is 1. The van der Waals surface area contributed by atoms with Gasteiger partial charge in [-0.2, -0.15) is 0 Å². The second-order valence-corrected chi connectivity index (χ2v) is 7.04. The Morgan fingerprint density at radius 1 is 1.35 bits per heavy atom. The van der Waals surface area contributed by atoms with Gasteiger partial charge >= 0.3 is 0 Å². The van der Waals surface area contributed by atoms with Crippen LogP contribution in [0.4, 0.5) is 0 Å². The van der Waals surface area contributed by atoms with Gasteiger partial charge in [-0.3, -0.25) is 4.79 Å². The molecule has 0 saturated carbocycles. The SMILES string of the molecule is CCc1cnc(CN(C)C(=O)c2nnc(C(C)C)s2)s1. The van der Waals surface area contributed by atoms with Gasteiger partial charge in [-0.05, 0) is 6.42 Å². The van der Waals surface area contributed by atoms with Crippen molar-refractivity contribution in [3.05, 3.63) is 26.1 Å². The number of aromatic nitrogens is 3. The van der Waals surface area contributed by atoms with Gasteiger partial charge in [0.25, 0.3) is 5.91 Å². The van der Waals surface area contributed by atoms with Crippen molar-refractivity contribution in [2.24, 2.45) is 0 Å². The van der Waals surface area contributed by atoms with E-state index in [0.29, 0.717) is 17.5 Å². The van der Waals surface area contributed by atoms with Crippen LogP contribution in [-0.4, -0.2) is 33.0 Å². The Morgan fingerprint density at radius 3 is 2.65 bits per heavy atom. The maximum atomic E-state index is 12.3. The van der Waals surface area contributed by atoms with Crippen LogP contribution in [0.5, 0.6) is 0 Å². The molecule has 0 bridgehead atoms. The number of carbonyl (C=O) groups excluding carboxylic acids is 1. The Kier molecular flexibility index (Phi) is 4.82. The third-order valence-corrected chi connectivity index (χ3v) is 5.12. The molecule has 0 N–H and O–H groups in total. The summed E-state index contributed by atoms with van der Waals surface area (Å²) < 4.78 is 0. The molecule has 0 unspecified atom stereocenters. The van der Waals surface area contributed by atoms with Gasteiger partial charge in [0.2, 0.25) is 5.01 Å². The van der Waals surface area contributed by atoms with E-state index in [2.05, 4.69) is 22.1 Å². The lowest BCUT2D eigenvalue weighted by Crippen LogP contribution is -2.26. The van der Waals surface area contributed by atoms with Crippen LogP contribution in [0.3, 0.4) is 0 Å². The van der Waals surface area contributed by atoms with E-state index in [1.54, 1.807) is 23.3 Å². The highest BCUT2D eigenvalue weighted by molar-refractivity contribution is 7.13. The Hall–Kier alpha value is -1.34. The number of aryl methyl sites for hydroxylation is 1. The minimum Gasteiger partial charge on any atom is -0.333 e. The summed E-state index contributed by atoms with van der Waals surface area (Å²) in [5, 5.41) is 10.3. The Morgan fingerprint density at radius 2 is 2.10 bits per heavy atom. The quantitative estimate of drug-likeness (QED) is 0.852. The zero-order valence-electron chi connectivity index (χ0n) is 12.1. The fourth-order valence-corrected chi connectivity index (χ4v) is 3.33. The third kappa shape index (κ3) is 3.40. The van der Waals surface area contributed by atoms with Gasteiger partial charge in [0.1, 0.15) is 10.0 Å². The summed E-state index contributed by atoms with van der Waals surface area (Å²) in [7, 11) is 1.77. The molecule has 5 nitrogen and oxygen atoms in total. The number of hydrogen-bond donors (Lipinski definition) is 0. The summed E-state index contributed by atoms with van der Waals surface area (Å²) in [5.74, 6) is 0.202. The van der Waals surface area contributed by atoms with Crippen LogP contribution in [0, 0.1) is 0 Å². The number of nitrogens with zero attached hydrogens (tertiary/aromatic N) is 4. The van der Waals surface area contributed by atoms with Crippen LogP contribution in [0.2, 0.25) is 0 Å². The monoisotopic (exact) mass is 310 g/mol. The lowest BCUT2D eigenvalue weighted by molar-refractivity contribution is 0.0783. The number of hydrogen-bond acceptors (Lipinski definition) is 6. The van der Waals surface area contributed by atoms with Gasteiger partial charge < -0.3 is 4.90 Å². The molecule has 0 radical (unpaired) electrons. The van der Waals surface area contributed by atoms with Crippen molar-refractivity contribution in [1.29, 1.82) is 0 Å². The molecular weight excluding hydrogens is 292 g/mol. The summed E-state index contributed by atoms with van der Waals surface area (Å²) in [6, 6.07) is 0. The van der Waals surface area contributed by atoms with Crippen LogP contribution in [0.25, 0.3) is 0 Å². The van der Waals surface area contributed by atoms with Gasteiger partial charge in [0, 0.05) is 24.0 Å². The van der Waals surface area contributed by atoms with Crippen molar-refractivity contribution in [2.75, 3.05) is 7.05 Å². The second kappa shape index (κ2) is 6.41. The van der Waals surface area contributed by atoms with Gasteiger partial charge in [-0.15, -0.1) is 21.5 Å². The predicted molar refractivity (Wildman–Crippen MR) is 81.3 cm³/mol. The number of amides is 1. The zero-order chi connectivity index (χ0) is 14.7. The van der Waals surface area contributed by atoms with Gasteiger partial charge in [-0.25, -0.2) is 4.98 Å². The first-order valence-corrected chi connectivity index (χ1v) is 8.17. The molecule has 20 heavy (non-hydrogen) atoms. The van der Waals surface area contributed by atoms with Crippen molar-refractivity contribution in [1.82, 2.24) is 20.1 Å². The molecule has 0 aliphatic heterocycles. The molecule has 7 heteroatoms. The molecule has 2 rings (SSSR count). The van der Waals surface area contributed by atoms with E-state index in [1.807, 2.05) is 20.0 Å². The topological polar surface area (TPSA) is 59.0 Å². The number of thiazole rings is 1. The van der Waals surface area contributed by atoms with E-state index >= 15 is 0 Å². The van der Waals surface area contributed by atoms with E-state index < -0.39 is 0 Å². The summed E-state index contributed by atoms with van der Waals surface area (Å²) in [6.45, 7) is 6.70. The standard InChI is InChI=1S/C13H18N4OS2/c1-5-9-6-14-10(19-9)7-17(4)13(18)12-16-15-11(20-12)8(2)3/h6,8H,5,7H2,1-4H3. The van der Waals surface area contributed by atoms with Gasteiger partial charge in [0.15, 0.2) is 0 Å². The summed E-state index contributed by atoms with van der Waals surface area (Å²) in [5.41, 5.74) is 0. The molecule has 0 spiro atoms. The van der Waals surface area contributed by atoms with Crippen molar-refractivity contribution in [2.45, 2.75) is 39.7 Å². The van der Waals surface area contributed by atoms with Crippen LogP contribution in [-0.2, 0) is 13.0 Å². The zero-order valence-corrected chi connectivity index (χ0v) is 13.7. The van der Waals surface area contributed by atoms with Crippen molar-refractivity contribution in [3.63, 3.8) is 0 Å². The van der Waals surface area contributed by atoms with Crippen LogP contribution >= 0.6 is 22.7 Å². The molecule has 0 aliphatic carbocycles. The molecule has 0 aromatic carbocycles. The predicted octanol–water partition coefficient (Wildman–Crippen LogP) is 2.95. The van der Waals surface area contributed by atoms with Crippen LogP contribution in [0.1, 0.15) is 51.4 Å². The van der Waals surface area contributed by atoms with E-state index in [4.69, 9.17) is 0 Å². The Labute approximate surface area is 126 Å². The summed E-state index contributed by atoms with van der Waals surface area (Å²) in [4.78, 5) is 19.5. The van der Waals surface area contributed by atoms with E-state index in [0.717, 1.165) is 16.4 Å². The molecule has 0 saturated heterocycles. The summed E-state index contributed by atoms with van der Waals surface area (Å²) >= 11 is 3.01. The molecule has 108 valence electrons. The maximum absolute atomic E-state index is 12.3. The lowest BCUT2D eigenvalue weighted by Gasteiger charge is -2.13. The first-order chi connectivity index (χ1) is 9.51. The summed E-state index contributed by atoms with van der Waals surface area (Å²) in [6.07, 6.45) is 2.85. The first kappa shape index (κ1) is 15.1. The molecule has 0 fully saturated rings. The molecule has 2 heterocycles. The average Bonchev–Trinajstić information content (AvgIpc) is 3.06. The fourth-order valence-electron chi connectivity index (χ4n) is 1.58. The van der Waals surface area contributed by atoms with Gasteiger partial charge in [-0.1, -0.05) is 32.1 Å². The second-order valence-electron chi connectivity index (χ2n) is 4.84. The minimum absolute atomic E-state index is 0.0948. The highest BCUT2D eigenvalue weighted by Gasteiger charge is 2.19.